The first-order valence-corrected chi connectivity index (χ1v) is 29.0. The summed E-state index contributed by atoms with van der Waals surface area (Å²) in [7, 11) is -2.04. The number of methoxy groups -OCH3 is 1. The van der Waals surface area contributed by atoms with E-state index >= 15 is 0 Å². The van der Waals surface area contributed by atoms with Crippen molar-refractivity contribution in [3.63, 3.8) is 0 Å². The maximum absolute atomic E-state index is 13.0. The average Bonchev–Trinajstić information content (AvgIpc) is 1.81. The third-order valence-corrected chi connectivity index (χ3v) is 14.8. The lowest BCUT2D eigenvalue weighted by Gasteiger charge is -2.15. The van der Waals surface area contributed by atoms with Gasteiger partial charge in [-0.15, -0.1) is 23.2 Å². The lowest BCUT2D eigenvalue weighted by molar-refractivity contribution is -0.144. The Morgan fingerprint density at radius 1 is 0.557 bits per heavy atom. The van der Waals surface area contributed by atoms with Crippen LogP contribution in [-0.2, 0) is 37.5 Å². The third-order valence-electron chi connectivity index (χ3n) is 12.4. The Bertz CT molecular complexity index is 3230. The summed E-state index contributed by atoms with van der Waals surface area (Å²) in [5.74, 6) is -12.7. The van der Waals surface area contributed by atoms with E-state index in [1.54, 1.807) is 26.8 Å². The van der Waals surface area contributed by atoms with E-state index in [-0.39, 0.29) is 103 Å². The zero-order valence-corrected chi connectivity index (χ0v) is 50.8. The Balaban J connectivity index is 0.000000352. The number of rotatable bonds is 16. The summed E-state index contributed by atoms with van der Waals surface area (Å²) in [6.07, 6.45) is 0.905. The minimum atomic E-state index is -3.27. The zero-order valence-electron chi connectivity index (χ0n) is 47.4. The predicted octanol–water partition coefficient (Wildman–Crippen LogP) is 14.1. The van der Waals surface area contributed by atoms with Crippen LogP contribution in [0, 0.1) is 81.6 Å². The second-order valence-corrected chi connectivity index (χ2v) is 21.3. The molecule has 0 heterocycles. The molecule has 3 saturated carbocycles. The number of nitrogens with two attached hydrogens (primary N) is 2. The van der Waals surface area contributed by atoms with Crippen LogP contribution in [0.3, 0.4) is 0 Å². The Morgan fingerprint density at radius 3 is 1.28 bits per heavy atom. The maximum Gasteiger partial charge on any atom is 0.341 e. The number of aliphatic hydroxyl groups excluding tert-OH is 1. The molecule has 482 valence electrons. The van der Waals surface area contributed by atoms with Crippen LogP contribution in [0.1, 0.15) is 96.5 Å². The lowest BCUT2D eigenvalue weighted by Crippen LogP contribution is -2.13. The molecule has 3 aliphatic rings. The molecule has 6 aromatic carbocycles. The second kappa shape index (κ2) is 38.2. The van der Waals surface area contributed by atoms with Crippen molar-refractivity contribution in [2.24, 2.45) is 23.3 Å². The van der Waals surface area contributed by atoms with Crippen LogP contribution in [0.15, 0.2) is 115 Å². The van der Waals surface area contributed by atoms with E-state index < -0.39 is 95.3 Å². The molecule has 7 atom stereocenters. The number of aliphatic hydroxyl groups is 1. The number of amides is 1. The molecule has 88 heavy (non-hydrogen) atoms. The molecule has 0 radical (unpaired) electrons. The Kier molecular flexibility index (Phi) is 33.7. The van der Waals surface area contributed by atoms with Gasteiger partial charge in [0.15, 0.2) is 75.6 Å². The highest BCUT2D eigenvalue weighted by Crippen LogP contribution is 2.49. The van der Waals surface area contributed by atoms with E-state index in [1.165, 1.54) is 49.6 Å². The topological polar surface area (TPSA) is 195 Å². The van der Waals surface area contributed by atoms with E-state index in [1.807, 2.05) is 0 Å². The molecule has 0 aliphatic heterocycles. The van der Waals surface area contributed by atoms with Gasteiger partial charge in [0.2, 0.25) is 5.91 Å². The van der Waals surface area contributed by atoms with Crippen molar-refractivity contribution in [2.45, 2.75) is 69.9 Å². The minimum Gasteiger partial charge on any atom is -0.469 e. The summed E-state index contributed by atoms with van der Waals surface area (Å²) in [4.78, 5) is 43.8. The molecule has 3 fully saturated rings. The maximum atomic E-state index is 13.0. The van der Waals surface area contributed by atoms with E-state index in [9.17, 15) is 76.4 Å². The molecule has 28 heteroatoms. The van der Waals surface area contributed by atoms with Gasteiger partial charge in [-0.3, -0.25) is 23.7 Å². The highest BCUT2D eigenvalue weighted by atomic mass is 35.5. The number of halogens is 14. The van der Waals surface area contributed by atoms with Gasteiger partial charge < -0.3 is 35.1 Å². The van der Waals surface area contributed by atoms with Gasteiger partial charge in [0.1, 0.15) is 6.16 Å². The molecule has 0 spiro atoms. The Morgan fingerprint density at radius 2 is 0.943 bits per heavy atom. The molecule has 5 N–H and O–H groups in total. The molecular weight excluding hydrogens is 1270 g/mol. The summed E-state index contributed by atoms with van der Waals surface area (Å²) in [5.41, 5.74) is 13.1. The third kappa shape index (κ3) is 25.9. The monoisotopic (exact) mass is 1330 g/mol. The van der Waals surface area contributed by atoms with Crippen molar-refractivity contribution < 1.29 is 100 Å². The quantitative estimate of drug-likeness (QED) is 0.0274. The molecule has 1 amide bonds. The second-order valence-electron chi connectivity index (χ2n) is 18.7. The highest BCUT2D eigenvalue weighted by Gasteiger charge is 2.45. The SMILES string of the molecule is CCOC(=O)[C@@H]1C[C@H]1c1ccc(F)c(F)c1.CCOP(=O)(CC(=O)OC)OCC.Fc1ccccc1F.NC(=O)[C@@H]1C[C@H]1c1ccc(F)c(F)c1.N[C@@H]1C[C@H]1c1ccc(F)c(F)c1.O=C(CCl)c1ccc(F)c(F)c1.O[C@H](CCl)c1ccc(F)c(F)c1.S. The van der Waals surface area contributed by atoms with Gasteiger partial charge in [-0.2, -0.15) is 13.5 Å². The predicted molar refractivity (Wildman–Crippen MR) is 310 cm³/mol. The first-order valence-electron chi connectivity index (χ1n) is 26.2. The summed E-state index contributed by atoms with van der Waals surface area (Å²) in [6, 6.07) is 22.7. The van der Waals surface area contributed by atoms with Crippen molar-refractivity contribution in [3.8, 4) is 0 Å². The molecule has 0 aromatic heterocycles. The van der Waals surface area contributed by atoms with Crippen LogP contribution >= 0.6 is 44.3 Å². The highest BCUT2D eigenvalue weighted by molar-refractivity contribution is 7.59. The van der Waals surface area contributed by atoms with Crippen LogP contribution in [0.5, 0.6) is 0 Å². The molecular formula is C60H63Cl2F12N2O10PS. The van der Waals surface area contributed by atoms with Gasteiger partial charge in [-0.05, 0) is 153 Å². The number of carbonyl (C=O) groups is 4. The van der Waals surface area contributed by atoms with Gasteiger partial charge in [0.25, 0.3) is 0 Å². The molecule has 9 rings (SSSR count). The number of hydrogen-bond acceptors (Lipinski definition) is 11. The smallest absolute Gasteiger partial charge is 0.341 e. The van der Waals surface area contributed by atoms with Gasteiger partial charge in [-0.25, -0.2) is 52.7 Å². The van der Waals surface area contributed by atoms with E-state index in [0.29, 0.717) is 30.6 Å². The van der Waals surface area contributed by atoms with Crippen LogP contribution in [0.4, 0.5) is 52.7 Å². The molecule has 12 nitrogen and oxygen atoms in total. The number of ether oxygens (including phenoxy) is 2. The van der Waals surface area contributed by atoms with Crippen molar-refractivity contribution >= 4 is 67.9 Å². The van der Waals surface area contributed by atoms with E-state index in [4.69, 9.17) is 53.6 Å². The molecule has 0 unspecified atom stereocenters. The van der Waals surface area contributed by atoms with Gasteiger partial charge in [0.05, 0.1) is 50.7 Å². The lowest BCUT2D eigenvalue weighted by atomic mass is 10.1. The van der Waals surface area contributed by atoms with Crippen LogP contribution < -0.4 is 11.5 Å². The fourth-order valence-corrected chi connectivity index (χ4v) is 9.34. The Labute approximate surface area is 516 Å². The number of esters is 2. The van der Waals surface area contributed by atoms with Crippen molar-refractivity contribution in [2.75, 3.05) is 44.9 Å². The zero-order chi connectivity index (χ0) is 65.3. The molecule has 0 bridgehead atoms. The normalized spacial score (nSPS) is 17.5. The summed E-state index contributed by atoms with van der Waals surface area (Å²) < 4.78 is 180. The minimum absolute atomic E-state index is 0. The van der Waals surface area contributed by atoms with E-state index in [0.717, 1.165) is 78.7 Å². The largest absolute Gasteiger partial charge is 0.469 e. The first kappa shape index (κ1) is 77.7. The summed E-state index contributed by atoms with van der Waals surface area (Å²) >= 11 is 10.5. The fourth-order valence-electron chi connectivity index (χ4n) is 7.52. The van der Waals surface area contributed by atoms with Crippen LogP contribution in [-0.4, -0.2) is 79.6 Å². The van der Waals surface area contributed by atoms with Crippen molar-refractivity contribution in [1.82, 2.24) is 0 Å². The van der Waals surface area contributed by atoms with Crippen molar-refractivity contribution in [1.29, 1.82) is 0 Å². The number of ketones is 1. The standard InChI is InChI=1S/C12H12F2O2.C10H9F2NO.C9H9F2N.C8H7ClF2O.C8H5ClF2O.C7H15O5P.C6H4F2.H2S/c1-2-16-12(15)9-6-8(9)7-3-4-10(13)11(14)5-7;11-8-2-1-5(3-9(8)12)6-4-7(6)10(13)14;10-7-2-1-5(3-8(7)11)6-4-9(6)12;2*9-4-8(12)5-1-2-6(10)7(11)3-5;1-4-11-13(9,12-5-2)6-7(8)10-3;7-5-3-1-2-4-6(5)8;/h3-5,8-9H,2,6H2,1H3;1-3,6-7H,4H2,(H2,13,14);1-3,6,9H,4,12H2;1-3,8,12H,4H2;1-3H,4H2;4-6H2,1-3H3;1-4H;1H2/t8-,9+;6-,7+;6-,9+;8-;;;;/m0001..../s1. The van der Waals surface area contributed by atoms with E-state index in [2.05, 4.69) is 4.74 Å². The number of Topliss-reactive ketones (excluding diaryl/α,β-unsaturated/α-hetero) is 1. The summed E-state index contributed by atoms with van der Waals surface area (Å²) in [6.45, 7) is 5.95. The Hall–Kier alpha value is -6.44. The number of hydrogen-bond donors (Lipinski definition) is 3. The molecule has 6 aromatic rings. The number of alkyl halides is 2. The molecule has 0 saturated heterocycles. The molecule has 3 aliphatic carbocycles. The van der Waals surface area contributed by atoms with Crippen molar-refractivity contribution in [3.05, 3.63) is 213 Å². The number of carbonyl (C=O) groups excluding carboxylic acids is 4. The van der Waals surface area contributed by atoms with Gasteiger partial charge >= 0.3 is 19.5 Å². The van der Waals surface area contributed by atoms with Crippen LogP contribution in [0.2, 0.25) is 0 Å². The first-order chi connectivity index (χ1) is 41.1. The summed E-state index contributed by atoms with van der Waals surface area (Å²) in [5, 5.41) is 9.12. The fraction of sp³-hybridized carbons (Fsp3) is 0.333. The van der Waals surface area contributed by atoms with Gasteiger partial charge in [0, 0.05) is 23.4 Å². The number of benzene rings is 6. The average molecular weight is 1330 g/mol. The van der Waals surface area contributed by atoms with Crippen LogP contribution in [0.25, 0.3) is 0 Å². The van der Waals surface area contributed by atoms with Gasteiger partial charge in [-0.1, -0.05) is 36.4 Å². The number of primary amides is 1.